The maximum absolute atomic E-state index is 11.8. The number of Topliss-reactive ketones (excluding diaryl/α,β-unsaturated/α-hetero) is 1. The first-order valence-electron chi connectivity index (χ1n) is 5.94. The largest absolute Gasteiger partial charge is 0.386 e. The van der Waals surface area contributed by atoms with Gasteiger partial charge in [-0.3, -0.25) is 4.79 Å². The molecule has 88 valence electrons. The number of rotatable bonds is 6. The fourth-order valence-electron chi connectivity index (χ4n) is 1.05. The number of hydrogen-bond acceptors (Lipinski definition) is 4. The molecular formula is C11H23N3O. The highest BCUT2D eigenvalue weighted by atomic mass is 16.1. The van der Waals surface area contributed by atoms with E-state index in [9.17, 15) is 4.79 Å². The lowest BCUT2D eigenvalue weighted by Crippen LogP contribution is -2.39. The number of hydrogen-bond donors (Lipinski definition) is 3. The van der Waals surface area contributed by atoms with Crippen LogP contribution in [0.3, 0.4) is 0 Å². The van der Waals surface area contributed by atoms with E-state index in [2.05, 4.69) is 11.9 Å². The molecular weight excluding hydrogens is 190 g/mol. The molecule has 0 saturated heterocycles. The summed E-state index contributed by atoms with van der Waals surface area (Å²) in [6.07, 6.45) is -1.63. The summed E-state index contributed by atoms with van der Waals surface area (Å²) in [5.74, 6) is 0.0533. The first-order chi connectivity index (χ1) is 7.46. The lowest BCUT2D eigenvalue weighted by molar-refractivity contribution is -0.127. The normalized spacial score (nSPS) is 16.3. The molecule has 0 aromatic carbocycles. The second kappa shape index (κ2) is 5.75. The minimum atomic E-state index is -1.59. The molecule has 0 fully saturated rings. The van der Waals surface area contributed by atoms with E-state index < -0.39 is 17.8 Å². The molecule has 1 atom stereocenters. The van der Waals surface area contributed by atoms with Crippen LogP contribution in [0.25, 0.3) is 0 Å². The van der Waals surface area contributed by atoms with Crippen molar-refractivity contribution in [3.63, 3.8) is 0 Å². The van der Waals surface area contributed by atoms with E-state index in [1.54, 1.807) is 20.8 Å². The highest BCUT2D eigenvalue weighted by Gasteiger charge is 2.26. The highest BCUT2D eigenvalue weighted by Crippen LogP contribution is 2.17. The van der Waals surface area contributed by atoms with Gasteiger partial charge in [0.05, 0.1) is 11.9 Å². The van der Waals surface area contributed by atoms with Gasteiger partial charge >= 0.3 is 0 Å². The van der Waals surface area contributed by atoms with Crippen molar-refractivity contribution in [3.8, 4) is 0 Å². The van der Waals surface area contributed by atoms with Crippen molar-refractivity contribution < 1.29 is 7.54 Å². The Bertz CT molecular complexity index is 298. The predicted molar refractivity (Wildman–Crippen MR) is 63.0 cm³/mol. The summed E-state index contributed by atoms with van der Waals surface area (Å²) in [7, 11) is 0. The summed E-state index contributed by atoms with van der Waals surface area (Å²) >= 11 is 0. The number of ketones is 1. The molecule has 0 amide bonds. The molecule has 15 heavy (non-hydrogen) atoms. The maximum Gasteiger partial charge on any atom is 0.154 e. The van der Waals surface area contributed by atoms with Gasteiger partial charge in [0.25, 0.3) is 0 Å². The number of nitrogens with one attached hydrogen (secondary N) is 1. The SMILES string of the molecule is [2H]C([2H])(CNC(=C)N)C[C@@H](N)C(=O)C(C)(C)C. The Labute approximate surface area is 94.9 Å². The third-order valence-electron chi connectivity index (χ3n) is 1.88. The van der Waals surface area contributed by atoms with Crippen LogP contribution in [-0.4, -0.2) is 18.4 Å². The standard InChI is InChI=1S/C11H23N3O/c1-8(12)14-7-5-6-9(13)10(15)11(2,3)4/h9,14H,1,5-7,12-13H2,2-4H3/t9-/m1/s1/i5D2. The van der Waals surface area contributed by atoms with Crippen LogP contribution in [0.1, 0.15) is 36.3 Å². The fraction of sp³-hybridized carbons (Fsp3) is 0.727. The third-order valence-corrected chi connectivity index (χ3v) is 1.88. The Morgan fingerprint density at radius 2 is 2.13 bits per heavy atom. The van der Waals surface area contributed by atoms with Crippen molar-refractivity contribution >= 4 is 5.78 Å². The van der Waals surface area contributed by atoms with Gasteiger partial charge in [0, 0.05) is 14.7 Å². The Kier molecular flexibility index (Phi) is 4.02. The van der Waals surface area contributed by atoms with Gasteiger partial charge in [0.2, 0.25) is 0 Å². The second-order valence-corrected chi connectivity index (χ2v) is 4.55. The van der Waals surface area contributed by atoms with Crippen LogP contribution >= 0.6 is 0 Å². The zero-order valence-electron chi connectivity index (χ0n) is 11.8. The Morgan fingerprint density at radius 3 is 2.53 bits per heavy atom. The van der Waals surface area contributed by atoms with E-state index in [-0.39, 0.29) is 24.6 Å². The smallest absolute Gasteiger partial charge is 0.154 e. The fourth-order valence-corrected chi connectivity index (χ4v) is 1.05. The zero-order chi connectivity index (χ0) is 13.9. The van der Waals surface area contributed by atoms with E-state index in [0.717, 1.165) is 0 Å². The van der Waals surface area contributed by atoms with Crippen LogP contribution in [0.15, 0.2) is 12.4 Å². The van der Waals surface area contributed by atoms with Gasteiger partial charge in [-0.15, -0.1) is 0 Å². The van der Waals surface area contributed by atoms with Crippen molar-refractivity contribution in [2.24, 2.45) is 16.9 Å². The highest BCUT2D eigenvalue weighted by molar-refractivity contribution is 5.88. The van der Waals surface area contributed by atoms with E-state index >= 15 is 0 Å². The summed E-state index contributed by atoms with van der Waals surface area (Å²) in [6, 6.07) is -0.808. The summed E-state index contributed by atoms with van der Waals surface area (Å²) in [5, 5.41) is 2.61. The number of carbonyl (C=O) groups is 1. The maximum atomic E-state index is 11.8. The summed E-state index contributed by atoms with van der Waals surface area (Å²) < 4.78 is 15.4. The molecule has 4 heteroatoms. The van der Waals surface area contributed by atoms with Crippen molar-refractivity contribution in [2.75, 3.05) is 6.54 Å². The molecule has 0 aliphatic rings. The summed E-state index contributed by atoms with van der Waals surface area (Å²) in [6.45, 7) is 8.71. The Hall–Kier alpha value is -1.03. The van der Waals surface area contributed by atoms with E-state index in [0.29, 0.717) is 0 Å². The predicted octanol–water partition coefficient (Wildman–Crippen LogP) is 0.729. The van der Waals surface area contributed by atoms with Crippen LogP contribution in [0.2, 0.25) is 0 Å². The molecule has 0 unspecified atom stereocenters. The topological polar surface area (TPSA) is 81.1 Å². The van der Waals surface area contributed by atoms with Crippen molar-refractivity contribution in [3.05, 3.63) is 12.4 Å². The van der Waals surface area contributed by atoms with Crippen LogP contribution in [0.4, 0.5) is 0 Å². The molecule has 0 heterocycles. The molecule has 0 saturated carbocycles. The molecule has 0 aliphatic heterocycles. The third kappa shape index (κ3) is 6.12. The monoisotopic (exact) mass is 215 g/mol. The second-order valence-electron chi connectivity index (χ2n) is 4.55. The minimum Gasteiger partial charge on any atom is -0.386 e. The molecule has 0 aromatic heterocycles. The van der Waals surface area contributed by atoms with Crippen LogP contribution in [0.5, 0.6) is 0 Å². The van der Waals surface area contributed by atoms with Crippen molar-refractivity contribution in [1.82, 2.24) is 5.32 Å². The van der Waals surface area contributed by atoms with Gasteiger partial charge in [-0.1, -0.05) is 27.4 Å². The van der Waals surface area contributed by atoms with Crippen LogP contribution < -0.4 is 16.8 Å². The minimum absolute atomic E-state index is 0.00649. The molecule has 0 radical (unpaired) electrons. The van der Waals surface area contributed by atoms with Crippen LogP contribution in [0, 0.1) is 5.41 Å². The number of nitrogens with two attached hydrogens (primary N) is 2. The van der Waals surface area contributed by atoms with Gasteiger partial charge < -0.3 is 16.8 Å². The molecule has 5 N–H and O–H groups in total. The lowest BCUT2D eigenvalue weighted by atomic mass is 9.85. The molecule has 0 aromatic rings. The zero-order valence-corrected chi connectivity index (χ0v) is 9.76. The average Bonchev–Trinajstić information content (AvgIpc) is 2.11. The summed E-state index contributed by atoms with van der Waals surface area (Å²) in [4.78, 5) is 11.8. The van der Waals surface area contributed by atoms with E-state index in [1.807, 2.05) is 0 Å². The molecule has 4 nitrogen and oxygen atoms in total. The van der Waals surface area contributed by atoms with Gasteiger partial charge in [0.15, 0.2) is 5.78 Å². The van der Waals surface area contributed by atoms with Crippen molar-refractivity contribution in [2.45, 2.75) is 39.6 Å². The quantitative estimate of drug-likeness (QED) is 0.610. The first-order valence-corrected chi connectivity index (χ1v) is 4.94. The Balaban J connectivity index is 4.41. The molecule has 0 rings (SSSR count). The van der Waals surface area contributed by atoms with Crippen LogP contribution in [-0.2, 0) is 4.79 Å². The van der Waals surface area contributed by atoms with E-state index in [4.69, 9.17) is 14.2 Å². The lowest BCUT2D eigenvalue weighted by Gasteiger charge is -2.21. The molecule has 0 aliphatic carbocycles. The van der Waals surface area contributed by atoms with Gasteiger partial charge in [-0.25, -0.2) is 0 Å². The molecule has 0 bridgehead atoms. The first kappa shape index (κ1) is 10.5. The molecule has 0 spiro atoms. The Morgan fingerprint density at radius 1 is 1.60 bits per heavy atom. The summed E-state index contributed by atoms with van der Waals surface area (Å²) in [5.41, 5.74) is 10.5. The van der Waals surface area contributed by atoms with Gasteiger partial charge in [-0.2, -0.15) is 0 Å². The average molecular weight is 215 g/mol. The van der Waals surface area contributed by atoms with Gasteiger partial charge in [0.1, 0.15) is 0 Å². The van der Waals surface area contributed by atoms with Gasteiger partial charge in [-0.05, 0) is 12.8 Å². The van der Waals surface area contributed by atoms with E-state index in [1.165, 1.54) is 0 Å². The number of carbonyl (C=O) groups excluding carboxylic acids is 1. The van der Waals surface area contributed by atoms with Crippen molar-refractivity contribution in [1.29, 1.82) is 0 Å².